The molecule has 0 aliphatic heterocycles. The number of phosphoric ester groups is 2. The topological polar surface area (TPSA) is 237 Å². The van der Waals surface area contributed by atoms with Gasteiger partial charge in [-0.15, -0.1) is 0 Å². The smallest absolute Gasteiger partial charge is 0.462 e. The molecule has 0 aromatic carbocycles. The molecule has 17 nitrogen and oxygen atoms in total. The van der Waals surface area contributed by atoms with Gasteiger partial charge in [0, 0.05) is 25.7 Å². The third kappa shape index (κ3) is 68.6. The van der Waals surface area contributed by atoms with Gasteiger partial charge < -0.3 is 33.8 Å². The van der Waals surface area contributed by atoms with E-state index in [1.807, 2.05) is 0 Å². The maximum absolute atomic E-state index is 13.1. The molecule has 558 valence electrons. The van der Waals surface area contributed by atoms with Crippen LogP contribution >= 0.6 is 15.6 Å². The second-order valence-electron chi connectivity index (χ2n) is 28.0. The van der Waals surface area contributed by atoms with Gasteiger partial charge in [0.05, 0.1) is 26.4 Å². The van der Waals surface area contributed by atoms with Crippen LogP contribution in [0.25, 0.3) is 0 Å². The Kier molecular flexibility index (Phi) is 65.5. The van der Waals surface area contributed by atoms with Crippen LogP contribution < -0.4 is 0 Å². The van der Waals surface area contributed by atoms with E-state index in [9.17, 15) is 43.2 Å². The summed E-state index contributed by atoms with van der Waals surface area (Å²) in [6.07, 6.45) is 54.4. The van der Waals surface area contributed by atoms with Crippen molar-refractivity contribution in [2.24, 2.45) is 11.8 Å². The summed E-state index contributed by atoms with van der Waals surface area (Å²) in [4.78, 5) is 72.6. The number of rotatable bonds is 74. The lowest BCUT2D eigenvalue weighted by Gasteiger charge is -2.21. The molecule has 0 aromatic heterocycles. The van der Waals surface area contributed by atoms with Crippen molar-refractivity contribution in [1.29, 1.82) is 0 Å². The number of aliphatic hydroxyl groups is 1. The average Bonchev–Trinajstić information content (AvgIpc) is 2.02. The van der Waals surface area contributed by atoms with E-state index < -0.39 is 97.5 Å². The van der Waals surface area contributed by atoms with Gasteiger partial charge in [-0.2, -0.15) is 0 Å². The van der Waals surface area contributed by atoms with Crippen molar-refractivity contribution in [3.8, 4) is 0 Å². The third-order valence-corrected chi connectivity index (χ3v) is 19.4. The van der Waals surface area contributed by atoms with Gasteiger partial charge in [0.15, 0.2) is 12.2 Å². The van der Waals surface area contributed by atoms with Crippen LogP contribution in [0.4, 0.5) is 0 Å². The largest absolute Gasteiger partial charge is 0.472 e. The first kappa shape index (κ1) is 92.1. The number of esters is 4. The van der Waals surface area contributed by atoms with E-state index in [1.165, 1.54) is 193 Å². The minimum Gasteiger partial charge on any atom is -0.462 e. The molecular weight excluding hydrogens is 1230 g/mol. The van der Waals surface area contributed by atoms with E-state index in [2.05, 4.69) is 41.5 Å². The van der Waals surface area contributed by atoms with E-state index in [0.29, 0.717) is 25.7 Å². The van der Waals surface area contributed by atoms with E-state index >= 15 is 0 Å². The fraction of sp³-hybridized carbons (Fsp3) is 0.947. The molecule has 0 spiro atoms. The van der Waals surface area contributed by atoms with Gasteiger partial charge >= 0.3 is 39.5 Å². The summed E-state index contributed by atoms with van der Waals surface area (Å²) in [6, 6.07) is 0. The Labute approximate surface area is 575 Å². The Balaban J connectivity index is 5.18. The summed E-state index contributed by atoms with van der Waals surface area (Å²) in [5, 5.41) is 10.6. The van der Waals surface area contributed by atoms with Gasteiger partial charge in [-0.1, -0.05) is 337 Å². The van der Waals surface area contributed by atoms with Crippen molar-refractivity contribution in [1.82, 2.24) is 0 Å². The Morgan fingerprint density at radius 1 is 0.287 bits per heavy atom. The fourth-order valence-corrected chi connectivity index (χ4v) is 13.1. The Morgan fingerprint density at radius 3 is 0.723 bits per heavy atom. The highest BCUT2D eigenvalue weighted by atomic mass is 31.2. The van der Waals surface area contributed by atoms with Crippen LogP contribution in [0.2, 0.25) is 0 Å². The van der Waals surface area contributed by atoms with E-state index in [4.69, 9.17) is 37.0 Å². The van der Waals surface area contributed by atoms with Crippen molar-refractivity contribution in [3.63, 3.8) is 0 Å². The first-order chi connectivity index (χ1) is 45.4. The molecule has 0 heterocycles. The number of aliphatic hydroxyl groups excluding tert-OH is 1. The summed E-state index contributed by atoms with van der Waals surface area (Å²) in [5.74, 6) is -0.595. The van der Waals surface area contributed by atoms with Crippen molar-refractivity contribution in [3.05, 3.63) is 0 Å². The molecule has 0 aromatic rings. The lowest BCUT2D eigenvalue weighted by atomic mass is 10.0. The number of phosphoric acid groups is 2. The van der Waals surface area contributed by atoms with E-state index in [-0.39, 0.29) is 25.7 Å². The molecule has 0 fully saturated rings. The van der Waals surface area contributed by atoms with Gasteiger partial charge in [0.1, 0.15) is 19.3 Å². The van der Waals surface area contributed by atoms with Gasteiger partial charge in [0.25, 0.3) is 0 Å². The number of carbonyl (C=O) groups is 4. The zero-order valence-corrected chi connectivity index (χ0v) is 63.1. The van der Waals surface area contributed by atoms with Crippen LogP contribution in [-0.4, -0.2) is 96.7 Å². The fourth-order valence-electron chi connectivity index (χ4n) is 11.5. The highest BCUT2D eigenvalue weighted by molar-refractivity contribution is 7.47. The van der Waals surface area contributed by atoms with Gasteiger partial charge in [-0.3, -0.25) is 37.3 Å². The van der Waals surface area contributed by atoms with Crippen LogP contribution in [0.5, 0.6) is 0 Å². The molecule has 94 heavy (non-hydrogen) atoms. The quantitative estimate of drug-likeness (QED) is 0.0222. The lowest BCUT2D eigenvalue weighted by Crippen LogP contribution is -2.30. The molecule has 0 radical (unpaired) electrons. The molecule has 0 amide bonds. The monoisotopic (exact) mass is 1380 g/mol. The standard InChI is InChI=1S/C75H146O17P2/c1-7-9-11-13-15-16-17-18-19-20-24-27-30-33-40-46-52-58-73(78)86-64-71(91-74(79)59-53-47-41-34-31-28-25-22-21-23-26-29-32-38-43-49-55-67(3)4)66-90-94(83,84)88-62-69(76)61-87-93(81,82)89-65-70(63-85-72(77)57-51-45-37-14-12-10-8-2)92-75(80)60-54-48-42-36-35-39-44-50-56-68(5)6/h67-71,76H,7-66H2,1-6H3,(H,81,82)(H,83,84)/t69-,70+,71+/m0/s1. The molecule has 0 rings (SSSR count). The summed E-state index contributed by atoms with van der Waals surface area (Å²) in [7, 11) is -9.90. The third-order valence-electron chi connectivity index (χ3n) is 17.5. The molecule has 19 heteroatoms. The average molecular weight is 1380 g/mol. The molecule has 0 saturated carbocycles. The van der Waals surface area contributed by atoms with Crippen LogP contribution in [0.1, 0.15) is 388 Å². The van der Waals surface area contributed by atoms with Crippen LogP contribution in [0, 0.1) is 11.8 Å². The SMILES string of the molecule is CCCCCCCCCCCCCCCCCCCC(=O)OC[C@H](COP(=O)(O)OC[C@@H](O)COP(=O)(O)OC[C@@H](COC(=O)CCCCCCCCC)OC(=O)CCCCCCCCCCC(C)C)OC(=O)CCCCCCCCCCCCCCCCCCC(C)C. The van der Waals surface area contributed by atoms with Crippen LogP contribution in [0.15, 0.2) is 0 Å². The van der Waals surface area contributed by atoms with Crippen molar-refractivity contribution in [2.45, 2.75) is 407 Å². The minimum atomic E-state index is -4.96. The number of unbranched alkanes of at least 4 members (excludes halogenated alkanes) is 44. The zero-order valence-electron chi connectivity index (χ0n) is 61.3. The molecule has 2 unspecified atom stereocenters. The normalized spacial score (nSPS) is 14.0. The Morgan fingerprint density at radius 2 is 0.489 bits per heavy atom. The summed E-state index contributed by atoms with van der Waals surface area (Å²) in [6.45, 7) is 9.53. The highest BCUT2D eigenvalue weighted by Crippen LogP contribution is 2.45. The molecule has 0 aliphatic rings. The summed E-state index contributed by atoms with van der Waals surface area (Å²) < 4.78 is 68.4. The van der Waals surface area contributed by atoms with Crippen molar-refractivity contribution in [2.75, 3.05) is 39.6 Å². The van der Waals surface area contributed by atoms with Crippen LogP contribution in [0.3, 0.4) is 0 Å². The van der Waals surface area contributed by atoms with Crippen molar-refractivity contribution >= 4 is 39.5 Å². The van der Waals surface area contributed by atoms with Crippen molar-refractivity contribution < 1.29 is 80.2 Å². The van der Waals surface area contributed by atoms with Gasteiger partial charge in [-0.25, -0.2) is 9.13 Å². The highest BCUT2D eigenvalue weighted by Gasteiger charge is 2.30. The van der Waals surface area contributed by atoms with Crippen LogP contribution in [-0.2, 0) is 65.4 Å². The molecular formula is C75H146O17P2. The second-order valence-corrected chi connectivity index (χ2v) is 30.9. The number of carbonyl (C=O) groups excluding carboxylic acids is 4. The second kappa shape index (κ2) is 66.9. The summed E-state index contributed by atoms with van der Waals surface area (Å²) in [5.41, 5.74) is 0. The Hall–Kier alpha value is -1.94. The minimum absolute atomic E-state index is 0.104. The predicted molar refractivity (Wildman–Crippen MR) is 381 cm³/mol. The maximum atomic E-state index is 13.1. The lowest BCUT2D eigenvalue weighted by molar-refractivity contribution is -0.161. The molecule has 0 bridgehead atoms. The first-order valence-electron chi connectivity index (χ1n) is 39.0. The van der Waals surface area contributed by atoms with E-state index in [0.717, 1.165) is 115 Å². The molecule has 5 atom stereocenters. The van der Waals surface area contributed by atoms with Gasteiger partial charge in [-0.05, 0) is 37.5 Å². The maximum Gasteiger partial charge on any atom is 0.472 e. The predicted octanol–water partition coefficient (Wildman–Crippen LogP) is 21.9. The van der Waals surface area contributed by atoms with Gasteiger partial charge in [0.2, 0.25) is 0 Å². The first-order valence-corrected chi connectivity index (χ1v) is 42.0. The molecule has 0 saturated heterocycles. The number of hydrogen-bond donors (Lipinski definition) is 3. The zero-order chi connectivity index (χ0) is 69.3. The number of hydrogen-bond acceptors (Lipinski definition) is 15. The number of ether oxygens (including phenoxy) is 4. The van der Waals surface area contributed by atoms with E-state index in [1.54, 1.807) is 0 Å². The summed E-state index contributed by atoms with van der Waals surface area (Å²) >= 11 is 0. The Bertz CT molecular complexity index is 1820. The molecule has 0 aliphatic carbocycles. The molecule has 3 N–H and O–H groups in total.